The maximum Gasteiger partial charge on any atom is 0.340 e. The highest BCUT2D eigenvalue weighted by Gasteiger charge is 2.19. The predicted octanol–water partition coefficient (Wildman–Crippen LogP) is 4.11. The topological polar surface area (TPSA) is 61.3 Å². The van der Waals surface area contributed by atoms with Crippen molar-refractivity contribution in [2.45, 2.75) is 16.7 Å². The molecule has 3 aromatic rings. The van der Waals surface area contributed by atoms with Gasteiger partial charge in [0.25, 0.3) is 0 Å². The van der Waals surface area contributed by atoms with Crippen LogP contribution in [0.4, 0.5) is 4.39 Å². The number of aromatic nitrogens is 2. The monoisotopic (exact) mass is 358 g/mol. The number of carbonyl (C=O) groups is 1. The van der Waals surface area contributed by atoms with E-state index in [0.717, 1.165) is 4.90 Å². The minimum Gasteiger partial charge on any atom is -0.479 e. The molecule has 0 amide bonds. The van der Waals surface area contributed by atoms with Crippen LogP contribution in [0.3, 0.4) is 0 Å². The molecule has 0 aliphatic carbocycles. The van der Waals surface area contributed by atoms with Gasteiger partial charge in [0.2, 0.25) is 5.88 Å². The second kappa shape index (κ2) is 7.48. The van der Waals surface area contributed by atoms with Crippen molar-refractivity contribution in [2.75, 3.05) is 13.7 Å². The molecule has 0 atom stereocenters. The van der Waals surface area contributed by atoms with Crippen LogP contribution in [0.1, 0.15) is 17.3 Å². The molecule has 0 saturated heterocycles. The van der Waals surface area contributed by atoms with Gasteiger partial charge in [0.05, 0.1) is 19.3 Å². The van der Waals surface area contributed by atoms with E-state index < -0.39 is 5.97 Å². The standard InChI is InChI=1S/C18H15FN2O3S/c1-3-24-18(22)14-10-21-15-13(8-9-20-17(15)23-2)16(14)25-12-6-4-11(19)5-7-12/h4-10H,3H2,1-2H3. The van der Waals surface area contributed by atoms with E-state index in [-0.39, 0.29) is 12.4 Å². The molecule has 0 radical (unpaired) electrons. The summed E-state index contributed by atoms with van der Waals surface area (Å²) in [4.78, 5) is 22.2. The minimum absolute atomic E-state index is 0.261. The van der Waals surface area contributed by atoms with Crippen LogP contribution in [0.2, 0.25) is 0 Å². The summed E-state index contributed by atoms with van der Waals surface area (Å²) >= 11 is 1.33. The molecule has 3 rings (SSSR count). The molecule has 2 heterocycles. The normalized spacial score (nSPS) is 10.7. The number of hydrogen-bond acceptors (Lipinski definition) is 6. The van der Waals surface area contributed by atoms with Crippen molar-refractivity contribution < 1.29 is 18.7 Å². The van der Waals surface area contributed by atoms with Gasteiger partial charge in [-0.1, -0.05) is 11.8 Å². The fourth-order valence-electron chi connectivity index (χ4n) is 2.31. The number of benzene rings is 1. The second-order valence-corrected chi connectivity index (χ2v) is 6.08. The average molecular weight is 358 g/mol. The number of carbonyl (C=O) groups excluding carboxylic acids is 1. The van der Waals surface area contributed by atoms with Crippen molar-refractivity contribution in [2.24, 2.45) is 0 Å². The first-order chi connectivity index (χ1) is 12.1. The lowest BCUT2D eigenvalue weighted by Gasteiger charge is -2.12. The molecule has 5 nitrogen and oxygen atoms in total. The zero-order valence-electron chi connectivity index (χ0n) is 13.7. The average Bonchev–Trinajstić information content (AvgIpc) is 2.63. The summed E-state index contributed by atoms with van der Waals surface area (Å²) in [5.74, 6) is -0.411. The molecule has 0 spiro atoms. The van der Waals surface area contributed by atoms with Crippen molar-refractivity contribution in [3.05, 3.63) is 54.1 Å². The number of esters is 1. The first kappa shape index (κ1) is 17.2. The Balaban J connectivity index is 2.17. The van der Waals surface area contributed by atoms with E-state index >= 15 is 0 Å². The fraction of sp³-hybridized carbons (Fsp3) is 0.167. The summed E-state index contributed by atoms with van der Waals surface area (Å²) in [5, 5.41) is 0.715. The quantitative estimate of drug-likeness (QED) is 0.640. The highest BCUT2D eigenvalue weighted by Crippen LogP contribution is 2.37. The third-order valence-corrected chi connectivity index (χ3v) is 4.58. The first-order valence-electron chi connectivity index (χ1n) is 7.56. The third-order valence-electron chi connectivity index (χ3n) is 3.42. The lowest BCUT2D eigenvalue weighted by molar-refractivity contribution is 0.0522. The molecule has 0 fully saturated rings. The zero-order chi connectivity index (χ0) is 17.8. The Hall–Kier alpha value is -2.67. The summed E-state index contributed by atoms with van der Waals surface area (Å²) < 4.78 is 23.5. The van der Waals surface area contributed by atoms with Crippen LogP contribution in [-0.4, -0.2) is 29.7 Å². The Morgan fingerprint density at radius 2 is 1.96 bits per heavy atom. The van der Waals surface area contributed by atoms with Gasteiger partial charge < -0.3 is 9.47 Å². The maximum absolute atomic E-state index is 13.2. The fourth-order valence-corrected chi connectivity index (χ4v) is 3.34. The van der Waals surface area contributed by atoms with Gasteiger partial charge >= 0.3 is 5.97 Å². The molecule has 0 unspecified atom stereocenters. The lowest BCUT2D eigenvalue weighted by Crippen LogP contribution is -2.07. The molecule has 2 aromatic heterocycles. The van der Waals surface area contributed by atoms with Crippen LogP contribution in [0.5, 0.6) is 5.88 Å². The van der Waals surface area contributed by atoms with Gasteiger partial charge in [0.15, 0.2) is 0 Å². The van der Waals surface area contributed by atoms with Gasteiger partial charge in [-0.2, -0.15) is 0 Å². The van der Waals surface area contributed by atoms with Crippen LogP contribution >= 0.6 is 11.8 Å². The van der Waals surface area contributed by atoms with Crippen LogP contribution in [0.25, 0.3) is 10.9 Å². The number of fused-ring (bicyclic) bond motifs is 1. The lowest BCUT2D eigenvalue weighted by atomic mass is 10.2. The zero-order valence-corrected chi connectivity index (χ0v) is 14.5. The number of methoxy groups -OCH3 is 1. The van der Waals surface area contributed by atoms with Crippen molar-refractivity contribution >= 4 is 28.6 Å². The van der Waals surface area contributed by atoms with Gasteiger partial charge in [-0.25, -0.2) is 19.2 Å². The van der Waals surface area contributed by atoms with E-state index in [4.69, 9.17) is 9.47 Å². The van der Waals surface area contributed by atoms with Crippen LogP contribution < -0.4 is 4.74 Å². The molecular weight excluding hydrogens is 343 g/mol. The van der Waals surface area contributed by atoms with Crippen LogP contribution in [0, 0.1) is 5.82 Å². The van der Waals surface area contributed by atoms with Crippen molar-refractivity contribution in [3.63, 3.8) is 0 Å². The Bertz CT molecular complexity index is 916. The van der Waals surface area contributed by atoms with E-state index in [1.54, 1.807) is 31.3 Å². The summed E-state index contributed by atoms with van der Waals surface area (Å²) in [7, 11) is 1.51. The number of hydrogen-bond donors (Lipinski definition) is 0. The van der Waals surface area contributed by atoms with E-state index in [2.05, 4.69) is 9.97 Å². The second-order valence-electron chi connectivity index (χ2n) is 4.99. The molecule has 0 aliphatic rings. The third kappa shape index (κ3) is 3.56. The highest BCUT2D eigenvalue weighted by atomic mass is 32.2. The number of nitrogens with zero attached hydrogens (tertiary/aromatic N) is 2. The Kier molecular flexibility index (Phi) is 5.14. The summed E-state index contributed by atoms with van der Waals surface area (Å²) in [6.45, 7) is 2.00. The highest BCUT2D eigenvalue weighted by molar-refractivity contribution is 7.99. The van der Waals surface area contributed by atoms with E-state index in [1.165, 1.54) is 37.2 Å². The van der Waals surface area contributed by atoms with Crippen molar-refractivity contribution in [1.82, 2.24) is 9.97 Å². The number of rotatable bonds is 5. The summed E-state index contributed by atoms with van der Waals surface area (Å²) in [6.07, 6.45) is 3.04. The SMILES string of the molecule is CCOC(=O)c1cnc2c(OC)nccc2c1Sc1ccc(F)cc1. The van der Waals surface area contributed by atoms with Crippen LogP contribution in [-0.2, 0) is 4.74 Å². The Labute approximate surface area is 148 Å². The van der Waals surface area contributed by atoms with Crippen molar-refractivity contribution in [1.29, 1.82) is 0 Å². The Morgan fingerprint density at radius 1 is 1.20 bits per heavy atom. The van der Waals surface area contributed by atoms with Gasteiger partial charge in [-0.05, 0) is 37.3 Å². The molecule has 0 saturated carbocycles. The molecule has 7 heteroatoms. The van der Waals surface area contributed by atoms with E-state index in [1.807, 2.05) is 0 Å². The number of ether oxygens (including phenoxy) is 2. The summed E-state index contributed by atoms with van der Waals surface area (Å²) in [5.41, 5.74) is 0.889. The van der Waals surface area contributed by atoms with Gasteiger partial charge in [-0.3, -0.25) is 0 Å². The molecular formula is C18H15FN2O3S. The van der Waals surface area contributed by atoms with Gasteiger partial charge in [0.1, 0.15) is 11.3 Å². The molecule has 0 bridgehead atoms. The Morgan fingerprint density at radius 3 is 2.64 bits per heavy atom. The van der Waals surface area contributed by atoms with E-state index in [9.17, 15) is 9.18 Å². The largest absolute Gasteiger partial charge is 0.479 e. The molecule has 25 heavy (non-hydrogen) atoms. The molecule has 128 valence electrons. The molecule has 0 aliphatic heterocycles. The van der Waals surface area contributed by atoms with Crippen LogP contribution in [0.15, 0.2) is 52.5 Å². The summed E-state index contributed by atoms with van der Waals surface area (Å²) in [6, 6.07) is 7.81. The van der Waals surface area contributed by atoms with E-state index in [0.29, 0.717) is 27.2 Å². The van der Waals surface area contributed by atoms with Crippen molar-refractivity contribution in [3.8, 4) is 5.88 Å². The first-order valence-corrected chi connectivity index (χ1v) is 8.38. The molecule has 1 aromatic carbocycles. The smallest absolute Gasteiger partial charge is 0.340 e. The van der Waals surface area contributed by atoms with Gasteiger partial charge in [0, 0.05) is 27.6 Å². The predicted molar refractivity (Wildman–Crippen MR) is 92.6 cm³/mol. The number of halogens is 1. The number of pyridine rings is 2. The molecule has 0 N–H and O–H groups in total. The maximum atomic E-state index is 13.2. The van der Waals surface area contributed by atoms with Gasteiger partial charge in [-0.15, -0.1) is 0 Å². The minimum atomic E-state index is -0.461.